The summed E-state index contributed by atoms with van der Waals surface area (Å²) in [6.45, 7) is 1.58. The van der Waals surface area contributed by atoms with Crippen molar-refractivity contribution in [1.82, 2.24) is 0 Å². The van der Waals surface area contributed by atoms with Crippen LogP contribution in [0.4, 0.5) is 5.69 Å². The number of hydrogen-bond acceptors (Lipinski definition) is 4. The number of aliphatic carboxylic acids is 3. The van der Waals surface area contributed by atoms with E-state index in [9.17, 15) is 4.79 Å². The molecule has 0 aromatic heterocycles. The fourth-order valence-electron chi connectivity index (χ4n) is 0.858. The molecule has 4 N–H and O–H groups in total. The Morgan fingerprint density at radius 1 is 1.05 bits per heavy atom. The van der Waals surface area contributed by atoms with E-state index in [0.717, 1.165) is 5.69 Å². The first-order valence-electron chi connectivity index (χ1n) is 4.95. The zero-order valence-corrected chi connectivity index (χ0v) is 10.6. The average Bonchev–Trinajstić information content (AvgIpc) is 2.32. The fourth-order valence-corrected chi connectivity index (χ4v) is 0.984. The molecule has 7 nitrogen and oxygen atoms in total. The number of carboxylic acid groups (broad SMARTS) is 3. The molecule has 0 radical (unpaired) electrons. The van der Waals surface area contributed by atoms with Gasteiger partial charge in [-0.25, -0.2) is 9.59 Å². The molecule has 1 aromatic carbocycles. The van der Waals surface area contributed by atoms with Crippen molar-refractivity contribution in [2.24, 2.45) is 0 Å². The predicted octanol–water partition coefficient (Wildman–Crippen LogP) is 1.38. The smallest absolute Gasteiger partial charge is 0.414 e. The van der Waals surface area contributed by atoms with Gasteiger partial charge in [-0.1, -0.05) is 11.6 Å². The number of halogens is 1. The van der Waals surface area contributed by atoms with Crippen LogP contribution in [-0.4, -0.2) is 39.3 Å². The Balaban J connectivity index is 0.000000459. The van der Waals surface area contributed by atoms with Crippen molar-refractivity contribution in [2.45, 2.75) is 13.0 Å². The third-order valence-corrected chi connectivity index (χ3v) is 2.03. The number of rotatable bonds is 3. The Hall–Kier alpha value is -2.28. The van der Waals surface area contributed by atoms with Gasteiger partial charge in [0.05, 0.1) is 0 Å². The normalized spacial score (nSPS) is 10.6. The molecule has 0 aliphatic rings. The third kappa shape index (κ3) is 7.61. The van der Waals surface area contributed by atoms with Crippen molar-refractivity contribution in [2.75, 3.05) is 5.32 Å². The van der Waals surface area contributed by atoms with Crippen LogP contribution in [0.5, 0.6) is 0 Å². The summed E-state index contributed by atoms with van der Waals surface area (Å²) in [6, 6.07) is 6.29. The lowest BCUT2D eigenvalue weighted by Crippen LogP contribution is -2.25. The number of nitrogens with one attached hydrogen (secondary N) is 1. The minimum absolute atomic E-state index is 0.596. The van der Waals surface area contributed by atoms with Gasteiger partial charge in [0.25, 0.3) is 0 Å². The van der Waals surface area contributed by atoms with E-state index in [1.807, 2.05) is 0 Å². The van der Waals surface area contributed by atoms with Gasteiger partial charge in [-0.3, -0.25) is 4.79 Å². The molecule has 0 amide bonds. The summed E-state index contributed by atoms with van der Waals surface area (Å²) in [4.78, 5) is 28.7. The van der Waals surface area contributed by atoms with Gasteiger partial charge >= 0.3 is 17.9 Å². The summed E-state index contributed by atoms with van der Waals surface area (Å²) in [5.74, 6) is -4.53. The topological polar surface area (TPSA) is 124 Å². The molecule has 104 valence electrons. The van der Waals surface area contributed by atoms with Crippen LogP contribution in [0, 0.1) is 0 Å². The van der Waals surface area contributed by atoms with Gasteiger partial charge in [0, 0.05) is 10.7 Å². The van der Waals surface area contributed by atoms with Crippen LogP contribution >= 0.6 is 11.6 Å². The maximum absolute atomic E-state index is 10.5. The Morgan fingerprint density at radius 3 is 1.79 bits per heavy atom. The lowest BCUT2D eigenvalue weighted by molar-refractivity contribution is -0.159. The van der Waals surface area contributed by atoms with E-state index in [-0.39, 0.29) is 0 Å². The van der Waals surface area contributed by atoms with Crippen molar-refractivity contribution in [3.8, 4) is 0 Å². The van der Waals surface area contributed by atoms with E-state index >= 15 is 0 Å². The highest BCUT2D eigenvalue weighted by Gasteiger charge is 2.09. The maximum Gasteiger partial charge on any atom is 0.414 e. The van der Waals surface area contributed by atoms with Gasteiger partial charge in [0.1, 0.15) is 6.04 Å². The first kappa shape index (κ1) is 16.7. The van der Waals surface area contributed by atoms with E-state index in [1.165, 1.54) is 0 Å². The van der Waals surface area contributed by atoms with Gasteiger partial charge in [0.2, 0.25) is 0 Å². The van der Waals surface area contributed by atoms with E-state index in [2.05, 4.69) is 5.32 Å². The second-order valence-corrected chi connectivity index (χ2v) is 3.76. The van der Waals surface area contributed by atoms with Crippen LogP contribution in [-0.2, 0) is 14.4 Å². The van der Waals surface area contributed by atoms with Crippen LogP contribution in [0.1, 0.15) is 6.92 Å². The summed E-state index contributed by atoms with van der Waals surface area (Å²) in [6.07, 6.45) is 0. The van der Waals surface area contributed by atoms with Gasteiger partial charge in [-0.05, 0) is 31.2 Å². The SMILES string of the molecule is CC(Nc1ccc(Cl)cc1)C(=O)O.O=C(O)C(=O)O. The maximum atomic E-state index is 10.5. The molecule has 1 rings (SSSR count). The van der Waals surface area contributed by atoms with Crippen molar-refractivity contribution in [3.63, 3.8) is 0 Å². The van der Waals surface area contributed by atoms with E-state index in [0.29, 0.717) is 5.02 Å². The molecule has 0 saturated carbocycles. The lowest BCUT2D eigenvalue weighted by Gasteiger charge is -2.09. The molecule has 1 atom stereocenters. The van der Waals surface area contributed by atoms with Gasteiger partial charge in [-0.15, -0.1) is 0 Å². The number of benzene rings is 1. The average molecular weight is 290 g/mol. The molecule has 1 unspecified atom stereocenters. The Morgan fingerprint density at radius 2 is 1.47 bits per heavy atom. The summed E-state index contributed by atoms with van der Waals surface area (Å²) in [5, 5.41) is 26.8. The molecule has 19 heavy (non-hydrogen) atoms. The Bertz CT molecular complexity index is 447. The number of carboxylic acids is 3. The van der Waals surface area contributed by atoms with Crippen molar-refractivity contribution in [3.05, 3.63) is 29.3 Å². The largest absolute Gasteiger partial charge is 0.480 e. The second-order valence-electron chi connectivity index (χ2n) is 3.32. The monoisotopic (exact) mass is 289 g/mol. The van der Waals surface area contributed by atoms with E-state index in [1.54, 1.807) is 31.2 Å². The standard InChI is InChI=1S/C9H10ClNO2.C2H2O4/c1-6(9(12)13)11-8-4-2-7(10)3-5-8;3-1(4)2(5)6/h2-6,11H,1H3,(H,12,13);(H,3,4)(H,5,6). The molecule has 0 saturated heterocycles. The van der Waals surface area contributed by atoms with Crippen LogP contribution in [0.3, 0.4) is 0 Å². The van der Waals surface area contributed by atoms with Crippen molar-refractivity contribution in [1.29, 1.82) is 0 Å². The van der Waals surface area contributed by atoms with Gasteiger partial charge in [0.15, 0.2) is 0 Å². The summed E-state index contributed by atoms with van der Waals surface area (Å²) < 4.78 is 0. The first-order chi connectivity index (χ1) is 8.73. The number of carbonyl (C=O) groups is 3. The lowest BCUT2D eigenvalue weighted by atomic mass is 10.3. The molecular formula is C11H12ClNO6. The third-order valence-electron chi connectivity index (χ3n) is 1.78. The molecule has 0 spiro atoms. The van der Waals surface area contributed by atoms with Crippen LogP contribution in [0.25, 0.3) is 0 Å². The van der Waals surface area contributed by atoms with Gasteiger partial charge in [-0.2, -0.15) is 0 Å². The molecule has 0 bridgehead atoms. The molecule has 8 heteroatoms. The summed E-state index contributed by atoms with van der Waals surface area (Å²) in [5.41, 5.74) is 0.749. The van der Waals surface area contributed by atoms with Crippen LogP contribution in [0.2, 0.25) is 5.02 Å². The van der Waals surface area contributed by atoms with Crippen LogP contribution < -0.4 is 5.32 Å². The number of hydrogen-bond donors (Lipinski definition) is 4. The van der Waals surface area contributed by atoms with E-state index < -0.39 is 23.9 Å². The molecule has 0 heterocycles. The number of anilines is 1. The van der Waals surface area contributed by atoms with E-state index in [4.69, 9.17) is 36.5 Å². The summed E-state index contributed by atoms with van der Waals surface area (Å²) >= 11 is 5.67. The summed E-state index contributed by atoms with van der Waals surface area (Å²) in [7, 11) is 0. The molecule has 0 aliphatic carbocycles. The molecule has 0 fully saturated rings. The molecular weight excluding hydrogens is 278 g/mol. The highest BCUT2D eigenvalue weighted by Crippen LogP contribution is 2.13. The molecule has 1 aromatic rings. The minimum atomic E-state index is -1.82. The molecule has 0 aliphatic heterocycles. The highest BCUT2D eigenvalue weighted by atomic mass is 35.5. The second kappa shape index (κ2) is 7.93. The predicted molar refractivity (Wildman–Crippen MR) is 67.4 cm³/mol. The first-order valence-corrected chi connectivity index (χ1v) is 5.33. The quantitative estimate of drug-likeness (QED) is 0.620. The minimum Gasteiger partial charge on any atom is -0.480 e. The van der Waals surface area contributed by atoms with Crippen molar-refractivity contribution >= 4 is 35.2 Å². The Labute approximate surface area is 113 Å². The van der Waals surface area contributed by atoms with Crippen LogP contribution in [0.15, 0.2) is 24.3 Å². The van der Waals surface area contributed by atoms with Crippen molar-refractivity contribution < 1.29 is 29.7 Å². The fraction of sp³-hybridized carbons (Fsp3) is 0.182. The Kier molecular flexibility index (Phi) is 6.98. The highest BCUT2D eigenvalue weighted by molar-refractivity contribution is 6.30. The van der Waals surface area contributed by atoms with Gasteiger partial charge < -0.3 is 20.6 Å². The zero-order chi connectivity index (χ0) is 15.0. The zero-order valence-electron chi connectivity index (χ0n) is 9.83.